The maximum absolute atomic E-state index is 14.8. The maximum atomic E-state index is 14.8. The lowest BCUT2D eigenvalue weighted by Crippen LogP contribution is -2.11. The Hall–Kier alpha value is -1.63. The molecule has 2 fully saturated rings. The molecule has 2 aromatic rings. The molecular formula is C26H31F. The minimum absolute atomic E-state index is 0.0886. The van der Waals surface area contributed by atoms with E-state index in [1.807, 2.05) is 6.07 Å². The van der Waals surface area contributed by atoms with Crippen molar-refractivity contribution >= 4 is 0 Å². The van der Waals surface area contributed by atoms with Crippen molar-refractivity contribution in [3.63, 3.8) is 0 Å². The summed E-state index contributed by atoms with van der Waals surface area (Å²) in [5.41, 5.74) is 4.23. The summed E-state index contributed by atoms with van der Waals surface area (Å²) in [5, 5.41) is 0. The van der Waals surface area contributed by atoms with E-state index in [1.54, 1.807) is 12.0 Å². The van der Waals surface area contributed by atoms with Gasteiger partial charge in [0.25, 0.3) is 0 Å². The van der Waals surface area contributed by atoms with Crippen LogP contribution in [0.15, 0.2) is 42.5 Å². The molecule has 2 aromatic carbocycles. The normalized spacial score (nSPS) is 20.9. The van der Waals surface area contributed by atoms with Crippen molar-refractivity contribution in [2.24, 2.45) is 5.92 Å². The number of hydrogen-bond acceptors (Lipinski definition) is 0. The van der Waals surface area contributed by atoms with Crippen LogP contribution < -0.4 is 0 Å². The van der Waals surface area contributed by atoms with Gasteiger partial charge in [-0.05, 0) is 91.9 Å². The molecule has 0 amide bonds. The van der Waals surface area contributed by atoms with E-state index in [0.29, 0.717) is 5.92 Å². The summed E-state index contributed by atoms with van der Waals surface area (Å²) in [4.78, 5) is 0. The summed E-state index contributed by atoms with van der Waals surface area (Å²) in [6.07, 6.45) is 9.72. The Kier molecular flexibility index (Phi) is 5.66. The van der Waals surface area contributed by atoms with Crippen LogP contribution in [0.2, 0.25) is 0 Å². The number of hydrogen-bond donors (Lipinski definition) is 0. The van der Waals surface area contributed by atoms with E-state index in [0.717, 1.165) is 35.4 Å². The molecule has 0 bridgehead atoms. The zero-order valence-corrected chi connectivity index (χ0v) is 16.7. The third kappa shape index (κ3) is 4.28. The molecule has 2 saturated carbocycles. The van der Waals surface area contributed by atoms with E-state index in [-0.39, 0.29) is 5.82 Å². The second-order valence-corrected chi connectivity index (χ2v) is 8.83. The molecule has 0 unspecified atom stereocenters. The lowest BCUT2D eigenvalue weighted by molar-refractivity contribution is 0.416. The topological polar surface area (TPSA) is 0 Å². The Balaban J connectivity index is 1.48. The lowest BCUT2D eigenvalue weighted by Gasteiger charge is -2.26. The highest BCUT2D eigenvalue weighted by atomic mass is 19.1. The second kappa shape index (κ2) is 8.17. The average Bonchev–Trinajstić information content (AvgIpc) is 2.69. The van der Waals surface area contributed by atoms with E-state index in [2.05, 4.69) is 44.2 Å². The van der Waals surface area contributed by atoms with Gasteiger partial charge in [0.05, 0.1) is 0 Å². The summed E-state index contributed by atoms with van der Waals surface area (Å²) in [6.45, 7) is 4.59. The molecule has 142 valence electrons. The van der Waals surface area contributed by atoms with Crippen molar-refractivity contribution in [1.82, 2.24) is 0 Å². The molecule has 0 aromatic heterocycles. The molecule has 27 heavy (non-hydrogen) atoms. The molecule has 0 aliphatic heterocycles. The van der Waals surface area contributed by atoms with Crippen molar-refractivity contribution in [2.75, 3.05) is 0 Å². The minimum atomic E-state index is -0.0886. The highest BCUT2D eigenvalue weighted by Gasteiger charge is 2.22. The van der Waals surface area contributed by atoms with Crippen LogP contribution in [0.5, 0.6) is 0 Å². The van der Waals surface area contributed by atoms with E-state index < -0.39 is 0 Å². The van der Waals surface area contributed by atoms with Crippen LogP contribution in [0.1, 0.15) is 82.3 Å². The number of halogens is 1. The summed E-state index contributed by atoms with van der Waals surface area (Å²) in [5.74, 6) is 4.45. The van der Waals surface area contributed by atoms with Crippen LogP contribution in [0.4, 0.5) is 4.39 Å². The van der Waals surface area contributed by atoms with Gasteiger partial charge in [-0.3, -0.25) is 0 Å². The van der Waals surface area contributed by atoms with Gasteiger partial charge in [0.1, 0.15) is 5.82 Å². The van der Waals surface area contributed by atoms with Gasteiger partial charge in [0.2, 0.25) is 0 Å². The molecular weight excluding hydrogens is 331 g/mol. The highest BCUT2D eigenvalue weighted by Crippen LogP contribution is 2.38. The van der Waals surface area contributed by atoms with E-state index in [1.165, 1.54) is 50.0 Å². The van der Waals surface area contributed by atoms with Gasteiger partial charge < -0.3 is 0 Å². The third-order valence-corrected chi connectivity index (χ3v) is 6.79. The van der Waals surface area contributed by atoms with Crippen LogP contribution in [-0.4, -0.2) is 0 Å². The largest absolute Gasteiger partial charge is 0.206 e. The Morgan fingerprint density at radius 1 is 0.778 bits per heavy atom. The van der Waals surface area contributed by atoms with Gasteiger partial charge >= 0.3 is 0 Å². The van der Waals surface area contributed by atoms with Crippen molar-refractivity contribution in [3.05, 3.63) is 71.2 Å². The molecule has 2 radical (unpaired) electrons. The average molecular weight is 363 g/mol. The minimum Gasteiger partial charge on any atom is -0.206 e. The Bertz CT molecular complexity index is 744. The van der Waals surface area contributed by atoms with Gasteiger partial charge in [-0.15, -0.1) is 0 Å². The number of benzene rings is 2. The predicted octanol–water partition coefficient (Wildman–Crippen LogP) is 7.88. The molecule has 0 nitrogen and oxygen atoms in total. The fourth-order valence-corrected chi connectivity index (χ4v) is 4.75. The first-order valence-electron chi connectivity index (χ1n) is 10.7. The molecule has 0 spiro atoms. The lowest BCUT2D eigenvalue weighted by atomic mass is 9.79. The summed E-state index contributed by atoms with van der Waals surface area (Å²) in [7, 11) is 0. The third-order valence-electron chi connectivity index (χ3n) is 6.79. The Labute approximate surface area is 164 Å². The number of rotatable bonds is 3. The SMILES string of the molecule is C[C]1CCC(c2ccc(-c3ccc([C]4CCC(C)CC4)cc3F)cc2)CC1. The van der Waals surface area contributed by atoms with Crippen molar-refractivity contribution in [3.8, 4) is 11.1 Å². The molecule has 0 atom stereocenters. The zero-order valence-electron chi connectivity index (χ0n) is 16.7. The standard InChI is InChI=1S/C26H31F/c1-18-3-7-20(8-4-18)21-11-13-23(14-12-21)25-16-15-24(17-26(25)27)22-9-5-19(2)6-10-22/h11-17,19-20H,3-10H2,1-2H3. The van der Waals surface area contributed by atoms with Crippen LogP contribution >= 0.6 is 0 Å². The van der Waals surface area contributed by atoms with Gasteiger partial charge in [0, 0.05) is 11.5 Å². The van der Waals surface area contributed by atoms with Gasteiger partial charge in [-0.1, -0.05) is 50.2 Å². The fraction of sp³-hybridized carbons (Fsp3) is 0.462. The first-order valence-corrected chi connectivity index (χ1v) is 10.7. The smallest absolute Gasteiger partial charge is 0.131 e. The summed E-state index contributed by atoms with van der Waals surface area (Å²) < 4.78 is 14.8. The van der Waals surface area contributed by atoms with Crippen molar-refractivity contribution < 1.29 is 4.39 Å². The molecule has 0 saturated heterocycles. The van der Waals surface area contributed by atoms with Crippen LogP contribution in [0.3, 0.4) is 0 Å². The first-order chi connectivity index (χ1) is 13.1. The molecule has 0 heterocycles. The molecule has 0 N–H and O–H groups in total. The maximum Gasteiger partial charge on any atom is 0.131 e. The van der Waals surface area contributed by atoms with Crippen LogP contribution in [-0.2, 0) is 0 Å². The van der Waals surface area contributed by atoms with E-state index in [4.69, 9.17) is 0 Å². The Morgan fingerprint density at radius 2 is 1.41 bits per heavy atom. The van der Waals surface area contributed by atoms with Gasteiger partial charge in [-0.2, -0.15) is 0 Å². The van der Waals surface area contributed by atoms with Crippen molar-refractivity contribution in [1.29, 1.82) is 0 Å². The van der Waals surface area contributed by atoms with Gasteiger partial charge in [0.15, 0.2) is 0 Å². The summed E-state index contributed by atoms with van der Waals surface area (Å²) >= 11 is 0. The second-order valence-electron chi connectivity index (χ2n) is 8.83. The monoisotopic (exact) mass is 362 g/mol. The molecule has 4 rings (SSSR count). The quantitative estimate of drug-likeness (QED) is 0.521. The van der Waals surface area contributed by atoms with Crippen LogP contribution in [0.25, 0.3) is 11.1 Å². The van der Waals surface area contributed by atoms with Crippen molar-refractivity contribution in [2.45, 2.75) is 71.1 Å². The predicted molar refractivity (Wildman–Crippen MR) is 112 cm³/mol. The van der Waals surface area contributed by atoms with Gasteiger partial charge in [-0.25, -0.2) is 4.39 Å². The molecule has 2 aliphatic carbocycles. The zero-order chi connectivity index (χ0) is 18.8. The highest BCUT2D eigenvalue weighted by molar-refractivity contribution is 5.65. The van der Waals surface area contributed by atoms with Crippen LogP contribution in [0, 0.1) is 23.6 Å². The molecule has 2 aliphatic rings. The van der Waals surface area contributed by atoms with E-state index >= 15 is 0 Å². The first kappa shape index (κ1) is 18.7. The molecule has 1 heteroatoms. The fourth-order valence-electron chi connectivity index (χ4n) is 4.75. The van der Waals surface area contributed by atoms with E-state index in [9.17, 15) is 4.39 Å². The summed E-state index contributed by atoms with van der Waals surface area (Å²) in [6, 6.07) is 14.5. The Morgan fingerprint density at radius 3 is 2.04 bits per heavy atom.